The Labute approximate surface area is 188 Å². The number of anilines is 1. The highest BCUT2D eigenvalue weighted by Crippen LogP contribution is 2.18. The van der Waals surface area contributed by atoms with Gasteiger partial charge in [-0.05, 0) is 44.9 Å². The molecule has 0 bridgehead atoms. The summed E-state index contributed by atoms with van der Waals surface area (Å²) in [5.41, 5.74) is 1.61. The van der Waals surface area contributed by atoms with Crippen molar-refractivity contribution < 1.29 is 24.2 Å². The SMILES string of the molecule is CC(C)(C)OC(=O)N1CCN(CCc2ccc(NC3=CC(=O)N(CCO)C3=O)cc2)CC1. The first-order valence-corrected chi connectivity index (χ1v) is 10.9. The van der Waals surface area contributed by atoms with Gasteiger partial charge in [-0.1, -0.05) is 12.1 Å². The minimum Gasteiger partial charge on any atom is -0.444 e. The second-order valence-corrected chi connectivity index (χ2v) is 8.96. The van der Waals surface area contributed by atoms with E-state index in [0.717, 1.165) is 42.2 Å². The lowest BCUT2D eigenvalue weighted by Crippen LogP contribution is -2.50. The molecule has 0 spiro atoms. The van der Waals surface area contributed by atoms with Crippen LogP contribution in [-0.4, -0.2) is 89.2 Å². The predicted molar refractivity (Wildman–Crippen MR) is 120 cm³/mol. The molecule has 1 aromatic rings. The molecule has 9 nitrogen and oxygen atoms in total. The molecule has 174 valence electrons. The number of hydrogen-bond donors (Lipinski definition) is 2. The van der Waals surface area contributed by atoms with Crippen molar-refractivity contribution in [2.45, 2.75) is 32.8 Å². The maximum Gasteiger partial charge on any atom is 0.410 e. The van der Waals surface area contributed by atoms with Gasteiger partial charge in [0.1, 0.15) is 11.3 Å². The van der Waals surface area contributed by atoms with Crippen molar-refractivity contribution >= 4 is 23.6 Å². The Bertz CT molecular complexity index is 867. The average molecular weight is 445 g/mol. The smallest absolute Gasteiger partial charge is 0.410 e. The van der Waals surface area contributed by atoms with Gasteiger partial charge in [-0.25, -0.2) is 4.79 Å². The molecule has 1 aromatic carbocycles. The molecule has 2 aliphatic heterocycles. The number of rotatable bonds is 7. The summed E-state index contributed by atoms with van der Waals surface area (Å²) in [6, 6.07) is 7.74. The molecule has 0 aliphatic carbocycles. The van der Waals surface area contributed by atoms with E-state index >= 15 is 0 Å². The lowest BCUT2D eigenvalue weighted by Gasteiger charge is -2.35. The topological polar surface area (TPSA) is 102 Å². The van der Waals surface area contributed by atoms with Gasteiger partial charge < -0.3 is 20.1 Å². The fourth-order valence-corrected chi connectivity index (χ4v) is 3.59. The molecule has 0 radical (unpaired) electrons. The van der Waals surface area contributed by atoms with Crippen molar-refractivity contribution in [2.75, 3.05) is 51.2 Å². The third-order valence-corrected chi connectivity index (χ3v) is 5.31. The Morgan fingerprint density at radius 2 is 1.72 bits per heavy atom. The Morgan fingerprint density at radius 1 is 1.06 bits per heavy atom. The maximum atomic E-state index is 12.2. The molecule has 0 unspecified atom stereocenters. The Kier molecular flexibility index (Phi) is 7.52. The molecule has 0 atom stereocenters. The number of nitrogens with zero attached hydrogens (tertiary/aromatic N) is 3. The average Bonchev–Trinajstić information content (AvgIpc) is 3.00. The highest BCUT2D eigenvalue weighted by atomic mass is 16.6. The van der Waals surface area contributed by atoms with Crippen LogP contribution in [0.25, 0.3) is 0 Å². The molecule has 3 amide bonds. The molecule has 2 aliphatic rings. The molecule has 1 saturated heterocycles. The number of aliphatic hydroxyl groups is 1. The van der Waals surface area contributed by atoms with Gasteiger partial charge in [0.2, 0.25) is 0 Å². The van der Waals surface area contributed by atoms with Gasteiger partial charge in [-0.3, -0.25) is 19.4 Å². The van der Waals surface area contributed by atoms with Crippen molar-refractivity contribution in [1.82, 2.24) is 14.7 Å². The van der Waals surface area contributed by atoms with Crippen LogP contribution in [0, 0.1) is 0 Å². The lowest BCUT2D eigenvalue weighted by molar-refractivity contribution is -0.137. The number of hydrogen-bond acceptors (Lipinski definition) is 7. The van der Waals surface area contributed by atoms with Crippen LogP contribution in [0.15, 0.2) is 36.0 Å². The number of nitrogens with one attached hydrogen (secondary N) is 1. The number of β-amino-alcohol motifs (C(OH)–C–C–N with tert-alkyl or cyclic N) is 1. The van der Waals surface area contributed by atoms with E-state index in [1.807, 2.05) is 45.0 Å². The number of piperazine rings is 1. The van der Waals surface area contributed by atoms with E-state index < -0.39 is 17.4 Å². The third-order valence-electron chi connectivity index (χ3n) is 5.31. The number of ether oxygens (including phenoxy) is 1. The molecule has 0 aromatic heterocycles. The fraction of sp³-hybridized carbons (Fsp3) is 0.522. The van der Waals surface area contributed by atoms with Gasteiger partial charge in [0.25, 0.3) is 11.8 Å². The van der Waals surface area contributed by atoms with Gasteiger partial charge in [0.05, 0.1) is 13.2 Å². The van der Waals surface area contributed by atoms with Crippen molar-refractivity contribution in [2.24, 2.45) is 0 Å². The Hall–Kier alpha value is -2.91. The lowest BCUT2D eigenvalue weighted by atomic mass is 10.1. The van der Waals surface area contributed by atoms with Crippen LogP contribution in [0.5, 0.6) is 0 Å². The first-order chi connectivity index (χ1) is 15.2. The van der Waals surface area contributed by atoms with Crippen LogP contribution < -0.4 is 5.32 Å². The number of aliphatic hydroxyl groups excluding tert-OH is 1. The van der Waals surface area contributed by atoms with Gasteiger partial charge in [0, 0.05) is 44.5 Å². The van der Waals surface area contributed by atoms with Crippen LogP contribution in [-0.2, 0) is 20.7 Å². The molecule has 3 rings (SSSR count). The van der Waals surface area contributed by atoms with E-state index in [9.17, 15) is 14.4 Å². The molecule has 2 heterocycles. The molecule has 9 heteroatoms. The van der Waals surface area contributed by atoms with Gasteiger partial charge in [0.15, 0.2) is 0 Å². The maximum absolute atomic E-state index is 12.2. The van der Waals surface area contributed by atoms with E-state index in [-0.39, 0.29) is 24.9 Å². The highest BCUT2D eigenvalue weighted by Gasteiger charge is 2.30. The summed E-state index contributed by atoms with van der Waals surface area (Å²) in [5, 5.41) is 12.0. The summed E-state index contributed by atoms with van der Waals surface area (Å²) in [7, 11) is 0. The first-order valence-electron chi connectivity index (χ1n) is 10.9. The highest BCUT2D eigenvalue weighted by molar-refractivity contribution is 6.17. The van der Waals surface area contributed by atoms with Crippen molar-refractivity contribution in [3.63, 3.8) is 0 Å². The quantitative estimate of drug-likeness (QED) is 0.614. The van der Waals surface area contributed by atoms with Crippen molar-refractivity contribution in [3.8, 4) is 0 Å². The minimum absolute atomic E-state index is 0.00960. The zero-order chi connectivity index (χ0) is 23.3. The van der Waals surface area contributed by atoms with Crippen LogP contribution >= 0.6 is 0 Å². The Morgan fingerprint density at radius 3 is 2.31 bits per heavy atom. The monoisotopic (exact) mass is 444 g/mol. The third kappa shape index (κ3) is 6.30. The van der Waals surface area contributed by atoms with E-state index in [4.69, 9.17) is 9.84 Å². The zero-order valence-electron chi connectivity index (χ0n) is 19.0. The first kappa shape index (κ1) is 23.7. The van der Waals surface area contributed by atoms with Crippen LogP contribution in [0.2, 0.25) is 0 Å². The van der Waals surface area contributed by atoms with Crippen molar-refractivity contribution in [3.05, 3.63) is 41.6 Å². The summed E-state index contributed by atoms with van der Waals surface area (Å²) < 4.78 is 5.44. The molecule has 2 N–H and O–H groups in total. The number of carbonyl (C=O) groups is 3. The van der Waals surface area contributed by atoms with E-state index in [1.54, 1.807) is 4.90 Å². The van der Waals surface area contributed by atoms with E-state index in [0.29, 0.717) is 13.1 Å². The number of benzene rings is 1. The fourth-order valence-electron chi connectivity index (χ4n) is 3.59. The summed E-state index contributed by atoms with van der Waals surface area (Å²) >= 11 is 0. The second-order valence-electron chi connectivity index (χ2n) is 8.96. The van der Waals surface area contributed by atoms with Gasteiger partial charge in [-0.2, -0.15) is 0 Å². The summed E-state index contributed by atoms with van der Waals surface area (Å²) in [6.45, 7) is 9.18. The molecular weight excluding hydrogens is 412 g/mol. The summed E-state index contributed by atoms with van der Waals surface area (Å²) in [5.74, 6) is -0.853. The predicted octanol–water partition coefficient (Wildman–Crippen LogP) is 1.44. The van der Waals surface area contributed by atoms with Crippen LogP contribution in [0.4, 0.5) is 10.5 Å². The molecule has 32 heavy (non-hydrogen) atoms. The van der Waals surface area contributed by atoms with E-state index in [2.05, 4.69) is 10.2 Å². The molecule has 1 fully saturated rings. The normalized spacial score (nSPS) is 17.6. The minimum atomic E-state index is -0.481. The molecule has 0 saturated carbocycles. The van der Waals surface area contributed by atoms with Crippen LogP contribution in [0.3, 0.4) is 0 Å². The zero-order valence-corrected chi connectivity index (χ0v) is 19.0. The van der Waals surface area contributed by atoms with Crippen LogP contribution in [0.1, 0.15) is 26.3 Å². The largest absolute Gasteiger partial charge is 0.444 e. The summed E-state index contributed by atoms with van der Waals surface area (Å²) in [4.78, 5) is 41.3. The second kappa shape index (κ2) is 10.1. The standard InChI is InChI=1S/C23H32N4O5/c1-23(2,3)32-22(31)26-12-10-25(11-13-26)9-8-17-4-6-18(7-5-17)24-19-16-20(29)27(14-15-28)21(19)30/h4-7,16,24,28H,8-15H2,1-3H3. The summed E-state index contributed by atoms with van der Waals surface area (Å²) in [6.07, 6.45) is 1.87. The van der Waals surface area contributed by atoms with Gasteiger partial charge >= 0.3 is 6.09 Å². The number of amides is 3. The Balaban J connectivity index is 1.43. The van der Waals surface area contributed by atoms with Gasteiger partial charge in [-0.15, -0.1) is 0 Å². The van der Waals surface area contributed by atoms with E-state index in [1.165, 1.54) is 6.08 Å². The number of imide groups is 1. The molecular formula is C23H32N4O5. The number of carbonyl (C=O) groups excluding carboxylic acids is 3. The van der Waals surface area contributed by atoms with Crippen molar-refractivity contribution in [1.29, 1.82) is 0 Å².